The number of hydrogen-bond acceptors (Lipinski definition) is 6. The van der Waals surface area contributed by atoms with E-state index in [1.165, 1.54) is 23.1 Å². The molecule has 2 aromatic rings. The van der Waals surface area contributed by atoms with Gasteiger partial charge in [0.05, 0.1) is 4.90 Å². The van der Waals surface area contributed by atoms with Crippen LogP contribution in [0.25, 0.3) is 0 Å². The highest BCUT2D eigenvalue weighted by Gasteiger charge is 2.10. The fourth-order valence-electron chi connectivity index (χ4n) is 1.47. The van der Waals surface area contributed by atoms with Crippen LogP contribution in [0.15, 0.2) is 31.8 Å². The Kier molecular flexibility index (Phi) is 5.83. The van der Waals surface area contributed by atoms with E-state index in [2.05, 4.69) is 29.4 Å². The van der Waals surface area contributed by atoms with Gasteiger partial charge in [-0.3, -0.25) is 0 Å². The zero-order valence-corrected chi connectivity index (χ0v) is 14.0. The molecule has 0 aliphatic rings. The SMILES string of the molecule is CSc1nnc(Sc2ccc(CNC(C)C)cc2F)s1. The first-order valence-electron chi connectivity index (χ1n) is 6.15. The second-order valence-corrected chi connectivity index (χ2v) is 7.76. The highest BCUT2D eigenvalue weighted by molar-refractivity contribution is 8.03. The third-order valence-corrected chi connectivity index (χ3v) is 5.47. The maximum Gasteiger partial charge on any atom is 0.179 e. The highest BCUT2D eigenvalue weighted by atomic mass is 32.2. The molecular weight excluding hydrogens is 313 g/mol. The summed E-state index contributed by atoms with van der Waals surface area (Å²) in [7, 11) is 0. The molecule has 0 atom stereocenters. The van der Waals surface area contributed by atoms with Crippen molar-refractivity contribution in [2.75, 3.05) is 6.26 Å². The van der Waals surface area contributed by atoms with E-state index in [4.69, 9.17) is 0 Å². The molecule has 0 fully saturated rings. The van der Waals surface area contributed by atoms with Crippen LogP contribution in [0.3, 0.4) is 0 Å². The summed E-state index contributed by atoms with van der Waals surface area (Å²) in [5, 5.41) is 11.3. The summed E-state index contributed by atoms with van der Waals surface area (Å²) in [5.41, 5.74) is 0.947. The molecule has 0 saturated carbocycles. The summed E-state index contributed by atoms with van der Waals surface area (Å²) in [6.07, 6.45) is 1.95. The van der Waals surface area contributed by atoms with Crippen LogP contribution in [0.5, 0.6) is 0 Å². The number of nitrogens with one attached hydrogen (secondary N) is 1. The molecule has 2 rings (SSSR count). The van der Waals surface area contributed by atoms with Gasteiger partial charge < -0.3 is 5.32 Å². The molecule has 0 spiro atoms. The Morgan fingerprint density at radius 3 is 2.65 bits per heavy atom. The lowest BCUT2D eigenvalue weighted by molar-refractivity contribution is 0.574. The van der Waals surface area contributed by atoms with Crippen molar-refractivity contribution in [3.8, 4) is 0 Å². The quantitative estimate of drug-likeness (QED) is 0.809. The summed E-state index contributed by atoms with van der Waals surface area (Å²) < 4.78 is 15.7. The number of hydrogen-bond donors (Lipinski definition) is 1. The minimum atomic E-state index is -0.209. The van der Waals surface area contributed by atoms with E-state index >= 15 is 0 Å². The summed E-state index contributed by atoms with van der Waals surface area (Å²) in [6, 6.07) is 5.71. The number of nitrogens with zero attached hydrogens (tertiary/aromatic N) is 2. The van der Waals surface area contributed by atoms with Gasteiger partial charge in [-0.2, -0.15) is 0 Å². The van der Waals surface area contributed by atoms with Gasteiger partial charge in [0.2, 0.25) is 0 Å². The smallest absolute Gasteiger partial charge is 0.179 e. The summed E-state index contributed by atoms with van der Waals surface area (Å²) in [6.45, 7) is 4.81. The largest absolute Gasteiger partial charge is 0.310 e. The summed E-state index contributed by atoms with van der Waals surface area (Å²) in [4.78, 5) is 0.585. The molecule has 0 saturated heterocycles. The molecule has 0 amide bonds. The van der Waals surface area contributed by atoms with Gasteiger partial charge in [-0.15, -0.1) is 10.2 Å². The zero-order valence-electron chi connectivity index (χ0n) is 11.5. The van der Waals surface area contributed by atoms with Crippen molar-refractivity contribution >= 4 is 34.9 Å². The number of aromatic nitrogens is 2. The number of benzene rings is 1. The van der Waals surface area contributed by atoms with Crippen LogP contribution in [-0.4, -0.2) is 22.5 Å². The van der Waals surface area contributed by atoms with Gasteiger partial charge in [0.15, 0.2) is 8.68 Å². The van der Waals surface area contributed by atoms with Crippen LogP contribution in [-0.2, 0) is 6.54 Å². The van der Waals surface area contributed by atoms with Gasteiger partial charge >= 0.3 is 0 Å². The Morgan fingerprint density at radius 2 is 2.05 bits per heavy atom. The topological polar surface area (TPSA) is 37.8 Å². The van der Waals surface area contributed by atoms with Gasteiger partial charge in [0.25, 0.3) is 0 Å². The standard InChI is InChI=1S/C13H16FN3S3/c1-8(2)15-7-9-4-5-11(10(14)6-9)19-13-17-16-12(18-3)20-13/h4-6,8,15H,7H2,1-3H3. The Morgan fingerprint density at radius 1 is 1.30 bits per heavy atom. The molecule has 0 aliphatic heterocycles. The molecule has 0 bridgehead atoms. The first-order chi connectivity index (χ1) is 9.58. The Balaban J connectivity index is 2.05. The van der Waals surface area contributed by atoms with Crippen LogP contribution in [0.4, 0.5) is 4.39 Å². The van der Waals surface area contributed by atoms with E-state index in [1.807, 2.05) is 12.3 Å². The second kappa shape index (κ2) is 7.40. The van der Waals surface area contributed by atoms with Crippen molar-refractivity contribution < 1.29 is 4.39 Å². The average molecular weight is 329 g/mol. The first kappa shape index (κ1) is 15.8. The lowest BCUT2D eigenvalue weighted by atomic mass is 10.2. The molecule has 0 radical (unpaired) electrons. The highest BCUT2D eigenvalue weighted by Crippen LogP contribution is 2.34. The summed E-state index contributed by atoms with van der Waals surface area (Å²) in [5.74, 6) is -0.209. The molecule has 1 heterocycles. The van der Waals surface area contributed by atoms with Crippen LogP contribution in [0.1, 0.15) is 19.4 Å². The minimum absolute atomic E-state index is 0.209. The predicted octanol–water partition coefficient (Wildman–Crippen LogP) is 4.05. The molecular formula is C13H16FN3S3. The zero-order chi connectivity index (χ0) is 14.5. The molecule has 0 aliphatic carbocycles. The number of thioether (sulfide) groups is 1. The molecule has 1 aromatic heterocycles. The van der Waals surface area contributed by atoms with Crippen molar-refractivity contribution in [3.63, 3.8) is 0 Å². The molecule has 7 heteroatoms. The molecule has 1 aromatic carbocycles. The number of rotatable bonds is 6. The molecule has 3 nitrogen and oxygen atoms in total. The van der Waals surface area contributed by atoms with Crippen molar-refractivity contribution in [3.05, 3.63) is 29.6 Å². The third kappa shape index (κ3) is 4.44. The monoisotopic (exact) mass is 329 g/mol. The van der Waals surface area contributed by atoms with Gasteiger partial charge in [-0.05, 0) is 24.0 Å². The summed E-state index contributed by atoms with van der Waals surface area (Å²) >= 11 is 4.34. The maximum atomic E-state index is 14.1. The average Bonchev–Trinajstić information content (AvgIpc) is 2.87. The molecule has 108 valence electrons. The van der Waals surface area contributed by atoms with Crippen LogP contribution >= 0.6 is 34.9 Å². The molecule has 1 N–H and O–H groups in total. The van der Waals surface area contributed by atoms with Gasteiger partial charge in [0, 0.05) is 12.6 Å². The van der Waals surface area contributed by atoms with Gasteiger partial charge in [-0.25, -0.2) is 4.39 Å². The van der Waals surface area contributed by atoms with E-state index in [0.717, 1.165) is 14.2 Å². The minimum Gasteiger partial charge on any atom is -0.310 e. The normalized spacial score (nSPS) is 11.2. The fraction of sp³-hybridized carbons (Fsp3) is 0.385. The Hall–Kier alpha value is -0.630. The predicted molar refractivity (Wildman–Crippen MR) is 84.2 cm³/mol. The molecule has 20 heavy (non-hydrogen) atoms. The van der Waals surface area contributed by atoms with Crippen LogP contribution in [0.2, 0.25) is 0 Å². The van der Waals surface area contributed by atoms with E-state index in [1.54, 1.807) is 23.9 Å². The van der Waals surface area contributed by atoms with Crippen LogP contribution in [0, 0.1) is 5.82 Å². The van der Waals surface area contributed by atoms with Gasteiger partial charge in [-0.1, -0.05) is 54.8 Å². The third-order valence-electron chi connectivity index (χ3n) is 2.47. The molecule has 0 unspecified atom stereocenters. The van der Waals surface area contributed by atoms with Crippen molar-refractivity contribution in [1.82, 2.24) is 15.5 Å². The number of halogens is 1. The van der Waals surface area contributed by atoms with E-state index < -0.39 is 0 Å². The van der Waals surface area contributed by atoms with E-state index in [-0.39, 0.29) is 5.82 Å². The Labute approximate surface area is 130 Å². The van der Waals surface area contributed by atoms with Crippen molar-refractivity contribution in [2.24, 2.45) is 0 Å². The van der Waals surface area contributed by atoms with Crippen molar-refractivity contribution in [2.45, 2.75) is 40.0 Å². The van der Waals surface area contributed by atoms with Crippen LogP contribution < -0.4 is 5.32 Å². The van der Waals surface area contributed by atoms with E-state index in [0.29, 0.717) is 17.5 Å². The van der Waals surface area contributed by atoms with Gasteiger partial charge in [0.1, 0.15) is 5.82 Å². The lowest BCUT2D eigenvalue weighted by Gasteiger charge is -2.09. The lowest BCUT2D eigenvalue weighted by Crippen LogP contribution is -2.21. The Bertz CT molecular complexity index is 572. The maximum absolute atomic E-state index is 14.1. The van der Waals surface area contributed by atoms with Crippen molar-refractivity contribution in [1.29, 1.82) is 0 Å². The first-order valence-corrected chi connectivity index (χ1v) is 9.01. The second-order valence-electron chi connectivity index (χ2n) is 4.44. The fourth-order valence-corrected chi connectivity index (χ4v) is 3.87. The van der Waals surface area contributed by atoms with E-state index in [9.17, 15) is 4.39 Å².